The maximum absolute atomic E-state index is 11.7. The van der Waals surface area contributed by atoms with E-state index >= 15 is 0 Å². The van der Waals surface area contributed by atoms with Crippen molar-refractivity contribution in [2.75, 3.05) is 13.7 Å². The molecule has 8 heteroatoms. The van der Waals surface area contributed by atoms with Gasteiger partial charge in [0.2, 0.25) is 0 Å². The normalized spacial score (nSPS) is 19.0. The van der Waals surface area contributed by atoms with Crippen molar-refractivity contribution in [3.05, 3.63) is 0 Å². The molecule has 0 aromatic rings. The first kappa shape index (κ1) is 16.9. The Hall–Kier alpha value is -2.12. The van der Waals surface area contributed by atoms with E-state index in [0.29, 0.717) is 0 Å². The molecule has 1 fully saturated rings. The molecule has 1 rings (SSSR count). The quantitative estimate of drug-likeness (QED) is 0.426. The second kappa shape index (κ2) is 6.55. The van der Waals surface area contributed by atoms with Gasteiger partial charge in [0.05, 0.1) is 20.0 Å². The second-order valence-electron chi connectivity index (χ2n) is 5.51. The SMILES string of the molecule is COC(=O)[C@@H]1CC(=O)OC(=O)N1CCC(=O)OC(C)(C)C. The van der Waals surface area contributed by atoms with Gasteiger partial charge in [-0.05, 0) is 20.8 Å². The Kier molecular flexibility index (Phi) is 5.28. The summed E-state index contributed by atoms with van der Waals surface area (Å²) in [5.74, 6) is -2.05. The van der Waals surface area contributed by atoms with Gasteiger partial charge in [-0.15, -0.1) is 0 Å². The number of carbonyl (C=O) groups excluding carboxylic acids is 4. The maximum atomic E-state index is 11.7. The Balaban J connectivity index is 2.69. The molecule has 21 heavy (non-hydrogen) atoms. The smallest absolute Gasteiger partial charge is 0.418 e. The molecule has 8 nitrogen and oxygen atoms in total. The molecular formula is C13H19NO7. The van der Waals surface area contributed by atoms with Gasteiger partial charge in [-0.3, -0.25) is 14.5 Å². The fraction of sp³-hybridized carbons (Fsp3) is 0.692. The largest absolute Gasteiger partial charge is 0.467 e. The first-order chi connectivity index (χ1) is 9.64. The standard InChI is InChI=1S/C13H19NO7/c1-13(2,3)21-9(15)5-6-14-8(11(17)19-4)7-10(16)20-12(14)18/h8H,5-7H2,1-4H3/t8-/m0/s1. The summed E-state index contributed by atoms with van der Waals surface area (Å²) >= 11 is 0. The first-order valence-electron chi connectivity index (χ1n) is 6.45. The number of rotatable bonds is 4. The fourth-order valence-corrected chi connectivity index (χ4v) is 1.79. The summed E-state index contributed by atoms with van der Waals surface area (Å²) in [6.45, 7) is 5.06. The van der Waals surface area contributed by atoms with Crippen LogP contribution in [-0.4, -0.2) is 54.2 Å². The van der Waals surface area contributed by atoms with E-state index in [1.807, 2.05) is 0 Å². The lowest BCUT2D eigenvalue weighted by atomic mass is 10.1. The van der Waals surface area contributed by atoms with Crippen molar-refractivity contribution in [1.82, 2.24) is 4.90 Å². The van der Waals surface area contributed by atoms with Crippen LogP contribution in [0.15, 0.2) is 0 Å². The van der Waals surface area contributed by atoms with Gasteiger partial charge in [0.25, 0.3) is 0 Å². The third-order valence-electron chi connectivity index (χ3n) is 2.62. The molecule has 1 aliphatic rings. The predicted molar refractivity (Wildman–Crippen MR) is 69.1 cm³/mol. The van der Waals surface area contributed by atoms with Crippen molar-refractivity contribution in [3.8, 4) is 0 Å². The number of methoxy groups -OCH3 is 1. The topological polar surface area (TPSA) is 99.2 Å². The number of hydrogen-bond donors (Lipinski definition) is 0. The van der Waals surface area contributed by atoms with Gasteiger partial charge in [-0.2, -0.15) is 0 Å². The molecule has 0 saturated carbocycles. The molecule has 118 valence electrons. The molecule has 0 N–H and O–H groups in total. The molecule has 0 spiro atoms. The average Bonchev–Trinajstić information content (AvgIpc) is 2.33. The van der Waals surface area contributed by atoms with Gasteiger partial charge >= 0.3 is 24.0 Å². The van der Waals surface area contributed by atoms with Gasteiger partial charge in [-0.1, -0.05) is 0 Å². The molecular weight excluding hydrogens is 282 g/mol. The van der Waals surface area contributed by atoms with E-state index in [1.165, 1.54) is 0 Å². The van der Waals surface area contributed by atoms with E-state index in [1.54, 1.807) is 20.8 Å². The average molecular weight is 301 g/mol. The minimum atomic E-state index is -1.08. The highest BCUT2D eigenvalue weighted by Crippen LogP contribution is 2.17. The Bertz CT molecular complexity index is 452. The monoisotopic (exact) mass is 301 g/mol. The molecule has 1 amide bonds. The predicted octanol–water partition coefficient (Wildman–Crippen LogP) is 0.629. The lowest BCUT2D eigenvalue weighted by molar-refractivity contribution is -0.159. The van der Waals surface area contributed by atoms with Crippen LogP contribution in [0.4, 0.5) is 4.79 Å². The lowest BCUT2D eigenvalue weighted by Gasteiger charge is -2.31. The minimum Gasteiger partial charge on any atom is -0.467 e. The zero-order valence-corrected chi connectivity index (χ0v) is 12.5. The molecule has 1 saturated heterocycles. The van der Waals surface area contributed by atoms with E-state index in [9.17, 15) is 19.2 Å². The van der Waals surface area contributed by atoms with E-state index < -0.39 is 35.6 Å². The molecule has 0 aromatic heterocycles. The van der Waals surface area contributed by atoms with E-state index in [-0.39, 0.29) is 19.4 Å². The Labute approximate surface area is 122 Å². The van der Waals surface area contributed by atoms with Gasteiger partial charge in [-0.25, -0.2) is 9.59 Å². The van der Waals surface area contributed by atoms with E-state index in [2.05, 4.69) is 9.47 Å². The third kappa shape index (κ3) is 5.05. The summed E-state index contributed by atoms with van der Waals surface area (Å²) in [7, 11) is 1.15. The molecule has 0 aliphatic carbocycles. The summed E-state index contributed by atoms with van der Waals surface area (Å²) in [6.07, 6.45) is -1.38. The van der Waals surface area contributed by atoms with Crippen molar-refractivity contribution in [3.63, 3.8) is 0 Å². The van der Waals surface area contributed by atoms with Crippen LogP contribution in [0.5, 0.6) is 0 Å². The van der Waals surface area contributed by atoms with Crippen LogP contribution in [0.1, 0.15) is 33.6 Å². The molecule has 1 aliphatic heterocycles. The van der Waals surface area contributed by atoms with E-state index in [0.717, 1.165) is 12.0 Å². The highest BCUT2D eigenvalue weighted by Gasteiger charge is 2.40. The number of carbonyl (C=O) groups is 4. The summed E-state index contributed by atoms with van der Waals surface area (Å²) in [4.78, 5) is 47.1. The minimum absolute atomic E-state index is 0.0964. The first-order valence-corrected chi connectivity index (χ1v) is 6.45. The van der Waals surface area contributed by atoms with Crippen molar-refractivity contribution in [2.24, 2.45) is 0 Å². The summed E-state index contributed by atoms with van der Waals surface area (Å²) in [5.41, 5.74) is -0.642. The van der Waals surface area contributed by atoms with Crippen LogP contribution in [0.3, 0.4) is 0 Å². The van der Waals surface area contributed by atoms with Crippen LogP contribution in [0.2, 0.25) is 0 Å². The van der Waals surface area contributed by atoms with Crippen molar-refractivity contribution in [2.45, 2.75) is 45.3 Å². The molecule has 0 aromatic carbocycles. The summed E-state index contributed by atoms with van der Waals surface area (Å²) in [5, 5.41) is 0. The molecule has 1 atom stereocenters. The molecule has 0 unspecified atom stereocenters. The Morgan fingerprint density at radius 1 is 1.33 bits per heavy atom. The van der Waals surface area contributed by atoms with Gasteiger partial charge in [0.15, 0.2) is 0 Å². The molecule has 0 radical (unpaired) electrons. The highest BCUT2D eigenvalue weighted by molar-refractivity contribution is 5.94. The summed E-state index contributed by atoms with van der Waals surface area (Å²) in [6, 6.07) is -1.08. The van der Waals surface area contributed by atoms with Gasteiger partial charge < -0.3 is 14.2 Å². The van der Waals surface area contributed by atoms with Crippen molar-refractivity contribution >= 4 is 24.0 Å². The summed E-state index contributed by atoms with van der Waals surface area (Å²) < 4.78 is 14.1. The van der Waals surface area contributed by atoms with Crippen LogP contribution in [0, 0.1) is 0 Å². The zero-order valence-electron chi connectivity index (χ0n) is 12.5. The van der Waals surface area contributed by atoms with Crippen LogP contribution >= 0.6 is 0 Å². The van der Waals surface area contributed by atoms with Crippen molar-refractivity contribution < 1.29 is 33.4 Å². The number of nitrogens with zero attached hydrogens (tertiary/aromatic N) is 1. The number of amides is 1. The number of hydrogen-bond acceptors (Lipinski definition) is 7. The highest BCUT2D eigenvalue weighted by atomic mass is 16.6. The number of ether oxygens (including phenoxy) is 3. The van der Waals surface area contributed by atoms with Gasteiger partial charge in [0.1, 0.15) is 11.6 Å². The number of esters is 3. The third-order valence-corrected chi connectivity index (χ3v) is 2.62. The van der Waals surface area contributed by atoms with Gasteiger partial charge in [0, 0.05) is 6.54 Å². The zero-order chi connectivity index (χ0) is 16.2. The fourth-order valence-electron chi connectivity index (χ4n) is 1.79. The van der Waals surface area contributed by atoms with Crippen LogP contribution in [0.25, 0.3) is 0 Å². The number of cyclic esters (lactones) is 2. The lowest BCUT2D eigenvalue weighted by Crippen LogP contribution is -2.52. The Morgan fingerprint density at radius 2 is 1.95 bits per heavy atom. The second-order valence-corrected chi connectivity index (χ2v) is 5.51. The molecule has 1 heterocycles. The van der Waals surface area contributed by atoms with Crippen molar-refractivity contribution in [1.29, 1.82) is 0 Å². The van der Waals surface area contributed by atoms with Crippen LogP contribution in [-0.2, 0) is 28.6 Å². The molecule has 0 bridgehead atoms. The van der Waals surface area contributed by atoms with Crippen LogP contribution < -0.4 is 0 Å². The van der Waals surface area contributed by atoms with E-state index in [4.69, 9.17) is 4.74 Å². The Morgan fingerprint density at radius 3 is 2.48 bits per heavy atom. The maximum Gasteiger partial charge on any atom is 0.418 e.